The molecule has 0 aromatic heterocycles. The lowest BCUT2D eigenvalue weighted by Gasteiger charge is -2.25. The molecule has 31 heavy (non-hydrogen) atoms. The highest BCUT2D eigenvalue weighted by Crippen LogP contribution is 2.26. The van der Waals surface area contributed by atoms with Crippen molar-refractivity contribution in [3.63, 3.8) is 0 Å². The van der Waals surface area contributed by atoms with E-state index in [-0.39, 0.29) is 4.90 Å². The second-order valence-electron chi connectivity index (χ2n) is 6.68. The van der Waals surface area contributed by atoms with Crippen LogP contribution in [0.5, 0.6) is 5.75 Å². The van der Waals surface area contributed by atoms with Crippen LogP contribution < -0.4 is 14.5 Å². The Morgan fingerprint density at radius 2 is 1.65 bits per heavy atom. The number of benzene rings is 3. The zero-order valence-corrected chi connectivity index (χ0v) is 18.0. The fourth-order valence-corrected chi connectivity index (χ4v) is 4.40. The Balaban J connectivity index is 1.81. The fraction of sp³-hybridized carbons (Fsp3) is 0.130. The number of hydrogen-bond acceptors (Lipinski definition) is 5. The quantitative estimate of drug-likeness (QED) is 0.432. The lowest BCUT2D eigenvalue weighted by Crippen LogP contribution is -2.40. The number of methoxy groups -OCH3 is 1. The molecular weight excluding hydrogens is 414 g/mol. The first-order valence-corrected chi connectivity index (χ1v) is 10.9. The zero-order chi connectivity index (χ0) is 22.3. The van der Waals surface area contributed by atoms with Gasteiger partial charge in [0.2, 0.25) is 0 Å². The lowest BCUT2D eigenvalue weighted by atomic mass is 10.2. The van der Waals surface area contributed by atoms with E-state index in [0.29, 0.717) is 11.4 Å². The van der Waals surface area contributed by atoms with Crippen molar-refractivity contribution in [1.82, 2.24) is 5.43 Å². The summed E-state index contributed by atoms with van der Waals surface area (Å²) in [6, 6.07) is 22.1. The third kappa shape index (κ3) is 5.49. The van der Waals surface area contributed by atoms with Gasteiger partial charge in [-0.2, -0.15) is 5.10 Å². The van der Waals surface area contributed by atoms with Gasteiger partial charge in [0.15, 0.2) is 0 Å². The topological polar surface area (TPSA) is 88.1 Å². The molecule has 0 bridgehead atoms. The molecule has 0 aliphatic heterocycles. The average molecular weight is 438 g/mol. The number of nitrogens with zero attached hydrogens (tertiary/aromatic N) is 2. The number of aryl methyl sites for hydroxylation is 1. The Kier molecular flexibility index (Phi) is 7.04. The highest BCUT2D eigenvalue weighted by molar-refractivity contribution is 7.92. The normalized spacial score (nSPS) is 11.3. The van der Waals surface area contributed by atoms with Crippen LogP contribution in [-0.4, -0.2) is 34.2 Å². The molecule has 0 saturated carbocycles. The number of hydrogen-bond donors (Lipinski definition) is 1. The molecule has 0 saturated heterocycles. The van der Waals surface area contributed by atoms with Gasteiger partial charge in [-0.05, 0) is 60.5 Å². The van der Waals surface area contributed by atoms with Crippen molar-refractivity contribution in [3.05, 3.63) is 90.0 Å². The summed E-state index contributed by atoms with van der Waals surface area (Å²) < 4.78 is 32.7. The molecule has 0 heterocycles. The minimum atomic E-state index is -3.95. The predicted octanol–water partition coefficient (Wildman–Crippen LogP) is 3.35. The van der Waals surface area contributed by atoms with Crippen LogP contribution in [0.4, 0.5) is 5.69 Å². The fourth-order valence-electron chi connectivity index (χ4n) is 2.90. The summed E-state index contributed by atoms with van der Waals surface area (Å²) in [5, 5.41) is 3.93. The monoisotopic (exact) mass is 437 g/mol. The Hall–Kier alpha value is -3.65. The van der Waals surface area contributed by atoms with Gasteiger partial charge in [0, 0.05) is 0 Å². The summed E-state index contributed by atoms with van der Waals surface area (Å²) in [6.45, 7) is 1.38. The second-order valence-corrected chi connectivity index (χ2v) is 8.54. The zero-order valence-electron chi connectivity index (χ0n) is 17.2. The highest BCUT2D eigenvalue weighted by Gasteiger charge is 2.27. The molecule has 0 fully saturated rings. The number of para-hydroxylation sites is 1. The summed E-state index contributed by atoms with van der Waals surface area (Å²) in [5.74, 6) is 0.147. The number of sulfonamides is 1. The lowest BCUT2D eigenvalue weighted by molar-refractivity contribution is -0.119. The standard InChI is InChI=1S/C23H23N3O4S/c1-18-8-6-7-11-22(18)26(31(28,29)21-9-4-3-5-10-21)17-23(27)25-24-16-19-12-14-20(30-2)15-13-19/h3-16H,17H2,1-2H3,(H,25,27)/b24-16+. The second kappa shape index (κ2) is 9.90. The SMILES string of the molecule is COc1ccc(/C=N/NC(=O)CN(c2ccccc2C)S(=O)(=O)c2ccccc2)cc1. The maximum atomic E-state index is 13.3. The molecule has 3 rings (SSSR count). The molecule has 7 nitrogen and oxygen atoms in total. The summed E-state index contributed by atoms with van der Waals surface area (Å²) in [7, 11) is -2.37. The first-order valence-electron chi connectivity index (χ1n) is 9.51. The van der Waals surface area contributed by atoms with E-state index >= 15 is 0 Å². The van der Waals surface area contributed by atoms with Gasteiger partial charge in [-0.25, -0.2) is 13.8 Å². The van der Waals surface area contributed by atoms with Gasteiger partial charge in [0.25, 0.3) is 15.9 Å². The van der Waals surface area contributed by atoms with Gasteiger partial charge in [0.05, 0.1) is 23.9 Å². The number of rotatable bonds is 8. The molecule has 8 heteroatoms. The molecule has 160 valence electrons. The summed E-state index contributed by atoms with van der Waals surface area (Å²) in [4.78, 5) is 12.7. The van der Waals surface area contributed by atoms with Gasteiger partial charge in [-0.3, -0.25) is 9.10 Å². The van der Waals surface area contributed by atoms with E-state index in [1.807, 2.05) is 6.07 Å². The van der Waals surface area contributed by atoms with Crippen molar-refractivity contribution in [2.24, 2.45) is 5.10 Å². The molecular formula is C23H23N3O4S. The van der Waals surface area contributed by atoms with E-state index in [2.05, 4.69) is 10.5 Å². The number of carbonyl (C=O) groups excluding carboxylic acids is 1. The van der Waals surface area contributed by atoms with Crippen LogP contribution >= 0.6 is 0 Å². The van der Waals surface area contributed by atoms with Crippen molar-refractivity contribution in [2.75, 3.05) is 18.0 Å². The van der Waals surface area contributed by atoms with E-state index in [4.69, 9.17) is 4.74 Å². The van der Waals surface area contributed by atoms with E-state index in [0.717, 1.165) is 15.4 Å². The molecule has 0 unspecified atom stereocenters. The van der Waals surface area contributed by atoms with Crippen LogP contribution in [0.3, 0.4) is 0 Å². The maximum Gasteiger partial charge on any atom is 0.264 e. The molecule has 0 radical (unpaired) electrons. The number of amides is 1. The van der Waals surface area contributed by atoms with Crippen molar-refractivity contribution in [2.45, 2.75) is 11.8 Å². The van der Waals surface area contributed by atoms with E-state index in [9.17, 15) is 13.2 Å². The molecule has 0 aliphatic rings. The van der Waals surface area contributed by atoms with Crippen molar-refractivity contribution in [1.29, 1.82) is 0 Å². The largest absolute Gasteiger partial charge is 0.497 e. The molecule has 0 atom stereocenters. The Labute approximate surface area is 182 Å². The Morgan fingerprint density at radius 3 is 2.29 bits per heavy atom. The van der Waals surface area contributed by atoms with Gasteiger partial charge in [-0.15, -0.1) is 0 Å². The molecule has 0 aliphatic carbocycles. The van der Waals surface area contributed by atoms with E-state index in [1.54, 1.807) is 74.7 Å². The maximum absolute atomic E-state index is 13.3. The van der Waals surface area contributed by atoms with Crippen LogP contribution in [0.15, 0.2) is 88.9 Å². The van der Waals surface area contributed by atoms with Crippen molar-refractivity contribution >= 4 is 27.8 Å². The Morgan fingerprint density at radius 1 is 1.00 bits per heavy atom. The van der Waals surface area contributed by atoms with Crippen molar-refractivity contribution in [3.8, 4) is 5.75 Å². The Bertz CT molecular complexity index is 1160. The highest BCUT2D eigenvalue weighted by atomic mass is 32.2. The van der Waals surface area contributed by atoms with E-state index in [1.165, 1.54) is 18.3 Å². The number of nitrogens with one attached hydrogen (secondary N) is 1. The predicted molar refractivity (Wildman–Crippen MR) is 121 cm³/mol. The minimum Gasteiger partial charge on any atom is -0.497 e. The summed E-state index contributed by atoms with van der Waals surface area (Å²) in [6.07, 6.45) is 1.47. The summed E-state index contributed by atoms with van der Waals surface area (Å²) >= 11 is 0. The average Bonchev–Trinajstić information content (AvgIpc) is 2.79. The third-order valence-electron chi connectivity index (χ3n) is 4.52. The number of carbonyl (C=O) groups is 1. The first kappa shape index (κ1) is 22.0. The van der Waals surface area contributed by atoms with Crippen LogP contribution in [-0.2, 0) is 14.8 Å². The van der Waals surface area contributed by atoms with E-state index < -0.39 is 22.5 Å². The van der Waals surface area contributed by atoms with Gasteiger partial charge < -0.3 is 4.74 Å². The number of hydrazone groups is 1. The van der Waals surface area contributed by atoms with Gasteiger partial charge in [-0.1, -0.05) is 36.4 Å². The van der Waals surface area contributed by atoms with Gasteiger partial charge in [0.1, 0.15) is 12.3 Å². The van der Waals surface area contributed by atoms with Crippen molar-refractivity contribution < 1.29 is 17.9 Å². The van der Waals surface area contributed by atoms with Crippen LogP contribution in [0.2, 0.25) is 0 Å². The summed E-state index contributed by atoms with van der Waals surface area (Å²) in [5.41, 5.74) is 4.32. The molecule has 3 aromatic carbocycles. The third-order valence-corrected chi connectivity index (χ3v) is 6.30. The first-order chi connectivity index (χ1) is 14.9. The molecule has 1 amide bonds. The number of ether oxygens (including phenoxy) is 1. The van der Waals surface area contributed by atoms with Crippen LogP contribution in [0, 0.1) is 6.92 Å². The molecule has 1 N–H and O–H groups in total. The molecule has 3 aromatic rings. The van der Waals surface area contributed by atoms with Crippen LogP contribution in [0.25, 0.3) is 0 Å². The smallest absolute Gasteiger partial charge is 0.264 e. The number of anilines is 1. The van der Waals surface area contributed by atoms with Gasteiger partial charge >= 0.3 is 0 Å². The minimum absolute atomic E-state index is 0.104. The van der Waals surface area contributed by atoms with Crippen LogP contribution in [0.1, 0.15) is 11.1 Å². The molecule has 0 spiro atoms.